The lowest BCUT2D eigenvalue weighted by molar-refractivity contribution is -0.0167. The molecule has 0 spiro atoms. The van der Waals surface area contributed by atoms with Gasteiger partial charge in [-0.3, -0.25) is 0 Å². The Balaban J connectivity index is 1.92. The number of aliphatic hydroxyl groups excluding tert-OH is 1. The van der Waals surface area contributed by atoms with Crippen molar-refractivity contribution in [3.63, 3.8) is 0 Å². The molecule has 3 rings (SSSR count). The minimum absolute atomic E-state index is 0.360. The van der Waals surface area contributed by atoms with Gasteiger partial charge < -0.3 is 9.84 Å². The van der Waals surface area contributed by atoms with E-state index in [1.807, 2.05) is 24.3 Å². The van der Waals surface area contributed by atoms with Crippen molar-refractivity contribution in [1.82, 2.24) is 0 Å². The smallest absolute Gasteiger partial charge is 0.126 e. The van der Waals surface area contributed by atoms with E-state index >= 15 is 0 Å². The molecular formula is C18H19ClO2. The molecule has 1 heterocycles. The Morgan fingerprint density at radius 2 is 2.00 bits per heavy atom. The van der Waals surface area contributed by atoms with Gasteiger partial charge in [0.1, 0.15) is 11.4 Å². The molecule has 0 bridgehead atoms. The maximum Gasteiger partial charge on any atom is 0.126 e. The Morgan fingerprint density at radius 1 is 1.24 bits per heavy atom. The van der Waals surface area contributed by atoms with Crippen LogP contribution < -0.4 is 4.74 Å². The highest BCUT2D eigenvalue weighted by Gasteiger charge is 2.39. The van der Waals surface area contributed by atoms with Crippen LogP contribution in [0.25, 0.3) is 0 Å². The van der Waals surface area contributed by atoms with Crippen molar-refractivity contribution in [2.75, 3.05) is 0 Å². The first-order valence-corrected chi connectivity index (χ1v) is 7.70. The zero-order chi connectivity index (χ0) is 14.9. The van der Waals surface area contributed by atoms with Gasteiger partial charge in [0.05, 0.1) is 6.10 Å². The Labute approximate surface area is 130 Å². The minimum atomic E-state index is -0.531. The van der Waals surface area contributed by atoms with E-state index in [4.69, 9.17) is 16.3 Å². The molecule has 21 heavy (non-hydrogen) atoms. The maximum atomic E-state index is 10.5. The van der Waals surface area contributed by atoms with Crippen molar-refractivity contribution >= 4 is 11.6 Å². The van der Waals surface area contributed by atoms with Crippen LogP contribution in [0.1, 0.15) is 37.0 Å². The molecule has 3 heteroatoms. The lowest BCUT2D eigenvalue weighted by Gasteiger charge is -2.40. The lowest BCUT2D eigenvalue weighted by atomic mass is 9.82. The molecule has 2 nitrogen and oxygen atoms in total. The molecule has 2 atom stereocenters. The highest BCUT2D eigenvalue weighted by Crippen LogP contribution is 2.43. The van der Waals surface area contributed by atoms with Gasteiger partial charge in [-0.1, -0.05) is 48.9 Å². The van der Waals surface area contributed by atoms with Gasteiger partial charge in [0.2, 0.25) is 0 Å². The average Bonchev–Trinajstić information content (AvgIpc) is 2.49. The maximum absolute atomic E-state index is 10.5. The van der Waals surface area contributed by atoms with E-state index in [-0.39, 0.29) is 5.60 Å². The first-order valence-electron chi connectivity index (χ1n) is 7.32. The summed E-state index contributed by atoms with van der Waals surface area (Å²) < 4.78 is 6.28. The van der Waals surface area contributed by atoms with E-state index in [0.29, 0.717) is 11.4 Å². The Hall–Kier alpha value is -1.51. The SMILES string of the molecule is CCC1(Cc2ccccc2)C[C@@H](O)c2cc(Cl)ccc2O1. The monoisotopic (exact) mass is 302 g/mol. The molecule has 1 N–H and O–H groups in total. The van der Waals surface area contributed by atoms with Gasteiger partial charge in [-0.05, 0) is 30.2 Å². The number of rotatable bonds is 3. The number of halogens is 1. The summed E-state index contributed by atoms with van der Waals surface area (Å²) in [4.78, 5) is 0. The largest absolute Gasteiger partial charge is 0.486 e. The molecule has 1 unspecified atom stereocenters. The van der Waals surface area contributed by atoms with Crippen molar-refractivity contribution < 1.29 is 9.84 Å². The van der Waals surface area contributed by atoms with Gasteiger partial charge in [-0.2, -0.15) is 0 Å². The third-order valence-electron chi connectivity index (χ3n) is 4.24. The highest BCUT2D eigenvalue weighted by atomic mass is 35.5. The molecule has 0 radical (unpaired) electrons. The summed E-state index contributed by atoms with van der Waals surface area (Å²) >= 11 is 6.01. The fourth-order valence-electron chi connectivity index (χ4n) is 3.03. The second kappa shape index (κ2) is 5.70. The Morgan fingerprint density at radius 3 is 2.71 bits per heavy atom. The third-order valence-corrected chi connectivity index (χ3v) is 4.47. The fourth-order valence-corrected chi connectivity index (χ4v) is 3.21. The van der Waals surface area contributed by atoms with E-state index in [9.17, 15) is 5.11 Å². The van der Waals surface area contributed by atoms with Crippen molar-refractivity contribution in [2.24, 2.45) is 0 Å². The zero-order valence-electron chi connectivity index (χ0n) is 12.1. The molecule has 0 aromatic heterocycles. The van der Waals surface area contributed by atoms with Crippen LogP contribution in [-0.4, -0.2) is 10.7 Å². The minimum Gasteiger partial charge on any atom is -0.486 e. The average molecular weight is 303 g/mol. The van der Waals surface area contributed by atoms with Gasteiger partial charge in [0.25, 0.3) is 0 Å². The number of benzene rings is 2. The van der Waals surface area contributed by atoms with Crippen molar-refractivity contribution in [1.29, 1.82) is 0 Å². The van der Waals surface area contributed by atoms with Crippen LogP contribution >= 0.6 is 11.6 Å². The van der Waals surface area contributed by atoms with Crippen LogP contribution in [0.5, 0.6) is 5.75 Å². The first-order chi connectivity index (χ1) is 10.1. The number of hydrogen-bond donors (Lipinski definition) is 1. The Bertz CT molecular complexity index is 626. The molecule has 1 aliphatic heterocycles. The number of fused-ring (bicyclic) bond motifs is 1. The van der Waals surface area contributed by atoms with E-state index in [1.54, 1.807) is 12.1 Å². The molecule has 0 saturated carbocycles. The van der Waals surface area contributed by atoms with Gasteiger partial charge in [0.15, 0.2) is 0 Å². The summed E-state index contributed by atoms with van der Waals surface area (Å²) in [5, 5.41) is 11.1. The molecule has 0 saturated heterocycles. The quantitative estimate of drug-likeness (QED) is 0.901. The topological polar surface area (TPSA) is 29.5 Å². The lowest BCUT2D eigenvalue weighted by Crippen LogP contribution is -2.42. The summed E-state index contributed by atoms with van der Waals surface area (Å²) in [6.45, 7) is 2.11. The standard InChI is InChI=1S/C18H19ClO2/c1-2-18(11-13-6-4-3-5-7-13)12-16(20)15-10-14(19)8-9-17(15)21-18/h3-10,16,20H,2,11-12H2,1H3/t16-,18?/m1/s1. The summed E-state index contributed by atoms with van der Waals surface area (Å²) in [5.74, 6) is 0.746. The van der Waals surface area contributed by atoms with Crippen molar-refractivity contribution in [2.45, 2.75) is 37.9 Å². The second-order valence-electron chi connectivity index (χ2n) is 5.70. The van der Waals surface area contributed by atoms with E-state index < -0.39 is 6.10 Å². The Kier molecular flexibility index (Phi) is 3.92. The zero-order valence-corrected chi connectivity index (χ0v) is 12.8. The normalized spacial score (nSPS) is 24.2. The third kappa shape index (κ3) is 2.92. The molecule has 0 fully saturated rings. The van der Waals surface area contributed by atoms with Crippen LogP contribution in [0.15, 0.2) is 48.5 Å². The van der Waals surface area contributed by atoms with Gasteiger partial charge >= 0.3 is 0 Å². The molecule has 2 aromatic carbocycles. The summed E-state index contributed by atoms with van der Waals surface area (Å²) in [5.41, 5.74) is 1.66. The van der Waals surface area contributed by atoms with Crippen molar-refractivity contribution in [3.8, 4) is 5.75 Å². The van der Waals surface area contributed by atoms with Crippen LogP contribution in [-0.2, 0) is 6.42 Å². The van der Waals surface area contributed by atoms with E-state index in [2.05, 4.69) is 19.1 Å². The first kappa shape index (κ1) is 14.4. The second-order valence-corrected chi connectivity index (χ2v) is 6.14. The van der Waals surface area contributed by atoms with Gasteiger partial charge in [-0.15, -0.1) is 0 Å². The number of aliphatic hydroxyl groups is 1. The number of ether oxygens (including phenoxy) is 1. The molecule has 0 amide bonds. The highest BCUT2D eigenvalue weighted by molar-refractivity contribution is 6.30. The fraction of sp³-hybridized carbons (Fsp3) is 0.333. The molecular weight excluding hydrogens is 284 g/mol. The predicted octanol–water partition coefficient (Wildman–Crippen LogP) is 4.55. The van der Waals surface area contributed by atoms with E-state index in [1.165, 1.54) is 5.56 Å². The summed E-state index contributed by atoms with van der Waals surface area (Å²) in [7, 11) is 0. The molecule has 1 aliphatic rings. The van der Waals surface area contributed by atoms with Crippen LogP contribution in [0.3, 0.4) is 0 Å². The predicted molar refractivity (Wildman–Crippen MR) is 84.8 cm³/mol. The number of hydrogen-bond acceptors (Lipinski definition) is 2. The summed E-state index contributed by atoms with van der Waals surface area (Å²) in [6, 6.07) is 15.7. The van der Waals surface area contributed by atoms with Crippen LogP contribution in [0, 0.1) is 0 Å². The molecule has 0 aliphatic carbocycles. The molecule has 2 aromatic rings. The van der Waals surface area contributed by atoms with E-state index in [0.717, 1.165) is 24.2 Å². The van der Waals surface area contributed by atoms with Gasteiger partial charge in [-0.25, -0.2) is 0 Å². The molecule has 110 valence electrons. The van der Waals surface area contributed by atoms with Crippen LogP contribution in [0.4, 0.5) is 0 Å². The summed E-state index contributed by atoms with van der Waals surface area (Å²) in [6.07, 6.45) is 1.70. The van der Waals surface area contributed by atoms with Crippen molar-refractivity contribution in [3.05, 3.63) is 64.7 Å². The van der Waals surface area contributed by atoms with Crippen LogP contribution in [0.2, 0.25) is 5.02 Å². The van der Waals surface area contributed by atoms with Gasteiger partial charge in [0, 0.05) is 23.4 Å².